The molecular weight excluding hydrogens is 456 g/mol. The Morgan fingerprint density at radius 3 is 2.42 bits per heavy atom. The number of amides is 1. The number of piperazine rings is 1. The lowest BCUT2D eigenvalue weighted by atomic mass is 10.1. The molecule has 1 fully saturated rings. The Hall–Kier alpha value is -2.25. The van der Waals surface area contributed by atoms with E-state index in [1.165, 1.54) is 16.2 Å². The number of carbonyl (C=O) groups is 1. The van der Waals surface area contributed by atoms with Crippen LogP contribution < -0.4 is 5.32 Å². The first-order valence-corrected chi connectivity index (χ1v) is 13.6. The zero-order valence-electron chi connectivity index (χ0n) is 19.4. The van der Waals surface area contributed by atoms with Crippen molar-refractivity contribution in [3.8, 4) is 6.07 Å². The first-order valence-electron chi connectivity index (χ1n) is 11.4. The molecule has 0 saturated carbocycles. The first kappa shape index (κ1) is 23.9. The van der Waals surface area contributed by atoms with Gasteiger partial charge in [0.25, 0.3) is 0 Å². The number of fused-ring (bicyclic) bond motifs is 1. The quantitative estimate of drug-likeness (QED) is 0.676. The van der Waals surface area contributed by atoms with Gasteiger partial charge in [-0.05, 0) is 56.7 Å². The maximum Gasteiger partial charge on any atom is 0.243 e. The lowest BCUT2D eigenvalue weighted by molar-refractivity contribution is -0.116. The van der Waals surface area contributed by atoms with E-state index in [1.54, 1.807) is 4.31 Å². The molecule has 0 radical (unpaired) electrons. The topological polar surface area (TPSA) is 93.5 Å². The molecule has 0 spiro atoms. The minimum atomic E-state index is -3.54. The molecule has 1 aliphatic carbocycles. The summed E-state index contributed by atoms with van der Waals surface area (Å²) in [6.45, 7) is 8.23. The van der Waals surface area contributed by atoms with Crippen LogP contribution in [0.25, 0.3) is 0 Å². The Bertz CT molecular complexity index is 1200. The van der Waals surface area contributed by atoms with E-state index in [9.17, 15) is 18.5 Å². The summed E-state index contributed by atoms with van der Waals surface area (Å²) in [6, 6.07) is 6.08. The van der Waals surface area contributed by atoms with Gasteiger partial charge in [0.05, 0.1) is 10.5 Å². The minimum absolute atomic E-state index is 0.104. The van der Waals surface area contributed by atoms with Crippen LogP contribution in [0.4, 0.5) is 5.00 Å². The van der Waals surface area contributed by atoms with Crippen molar-refractivity contribution < 1.29 is 13.2 Å². The molecule has 33 heavy (non-hydrogen) atoms. The number of thiophene rings is 1. The number of benzene rings is 1. The van der Waals surface area contributed by atoms with E-state index < -0.39 is 10.0 Å². The zero-order valence-corrected chi connectivity index (χ0v) is 21.0. The molecule has 1 saturated heterocycles. The van der Waals surface area contributed by atoms with Crippen molar-refractivity contribution in [3.05, 3.63) is 44.8 Å². The highest BCUT2D eigenvalue weighted by Crippen LogP contribution is 2.38. The number of rotatable bonds is 6. The summed E-state index contributed by atoms with van der Waals surface area (Å²) >= 11 is 1.53. The lowest BCUT2D eigenvalue weighted by Crippen LogP contribution is -2.49. The molecule has 0 atom stereocenters. The van der Waals surface area contributed by atoms with E-state index in [1.807, 2.05) is 32.9 Å². The van der Waals surface area contributed by atoms with E-state index >= 15 is 0 Å². The van der Waals surface area contributed by atoms with Gasteiger partial charge in [0.2, 0.25) is 15.9 Å². The van der Waals surface area contributed by atoms with Crippen molar-refractivity contribution in [3.63, 3.8) is 0 Å². The number of sulfonamides is 1. The Kier molecular flexibility index (Phi) is 6.91. The number of hydrogen-bond donors (Lipinski definition) is 1. The number of nitrogens with zero attached hydrogens (tertiary/aromatic N) is 3. The molecule has 7 nitrogen and oxygen atoms in total. The summed E-state index contributed by atoms with van der Waals surface area (Å²) in [5, 5.41) is 13.1. The van der Waals surface area contributed by atoms with Crippen LogP contribution in [-0.2, 0) is 27.7 Å². The first-order chi connectivity index (χ1) is 15.7. The maximum absolute atomic E-state index is 13.3. The Labute approximate surface area is 200 Å². The van der Waals surface area contributed by atoms with Gasteiger partial charge in [0.15, 0.2) is 0 Å². The third-order valence-electron chi connectivity index (χ3n) is 6.47. The van der Waals surface area contributed by atoms with Crippen molar-refractivity contribution in [1.29, 1.82) is 5.26 Å². The van der Waals surface area contributed by atoms with Crippen LogP contribution in [0, 0.1) is 32.1 Å². The highest BCUT2D eigenvalue weighted by atomic mass is 32.2. The summed E-state index contributed by atoms with van der Waals surface area (Å²) in [5.41, 5.74) is 4.35. The summed E-state index contributed by atoms with van der Waals surface area (Å²) in [4.78, 5) is 16.3. The average molecular weight is 487 g/mol. The molecule has 1 amide bonds. The van der Waals surface area contributed by atoms with Crippen LogP contribution >= 0.6 is 11.3 Å². The van der Waals surface area contributed by atoms with Crippen LogP contribution in [0.3, 0.4) is 0 Å². The Morgan fingerprint density at radius 1 is 1.12 bits per heavy atom. The fourth-order valence-corrected chi connectivity index (χ4v) is 8.05. The molecule has 4 rings (SSSR count). The van der Waals surface area contributed by atoms with Crippen LogP contribution in [0.15, 0.2) is 17.0 Å². The van der Waals surface area contributed by atoms with Gasteiger partial charge in [0.1, 0.15) is 11.1 Å². The van der Waals surface area contributed by atoms with E-state index in [0.29, 0.717) is 54.6 Å². The van der Waals surface area contributed by atoms with Crippen LogP contribution in [0.1, 0.15) is 45.5 Å². The molecule has 1 N–H and O–H groups in total. The standard InChI is InChI=1S/C24H30N4O3S2/c1-16-13-17(2)23(18(3)14-16)33(30,31)28-11-9-27(10-12-28)8-7-22(29)26-24-20(15-25)19-5-4-6-21(19)32-24/h13-14H,4-12H2,1-3H3,(H,26,29). The summed E-state index contributed by atoms with van der Waals surface area (Å²) < 4.78 is 28.1. The molecule has 9 heteroatoms. The minimum Gasteiger partial charge on any atom is -0.317 e. The van der Waals surface area contributed by atoms with E-state index in [2.05, 4.69) is 16.3 Å². The third-order valence-corrected chi connectivity index (χ3v) is 9.89. The molecule has 176 valence electrons. The number of nitrogens with one attached hydrogen (secondary N) is 1. The van der Waals surface area contributed by atoms with Crippen LogP contribution in [0.5, 0.6) is 0 Å². The van der Waals surface area contributed by atoms with Gasteiger partial charge in [-0.15, -0.1) is 11.3 Å². The number of aryl methyl sites for hydroxylation is 4. The molecule has 2 aliphatic rings. The molecule has 0 bridgehead atoms. The second kappa shape index (κ2) is 9.55. The van der Waals surface area contributed by atoms with Gasteiger partial charge in [-0.3, -0.25) is 4.79 Å². The predicted octanol–water partition coefficient (Wildman–Crippen LogP) is 3.37. The SMILES string of the molecule is Cc1cc(C)c(S(=O)(=O)N2CCN(CCC(=O)Nc3sc4c(c3C#N)CCC4)CC2)c(C)c1. The van der Waals surface area contributed by atoms with E-state index in [-0.39, 0.29) is 5.91 Å². The zero-order chi connectivity index (χ0) is 23.8. The van der Waals surface area contributed by atoms with Gasteiger partial charge in [-0.2, -0.15) is 9.57 Å². The van der Waals surface area contributed by atoms with Crippen molar-refractivity contribution in [2.45, 2.75) is 51.3 Å². The highest BCUT2D eigenvalue weighted by molar-refractivity contribution is 7.89. The number of nitriles is 1. The number of carbonyl (C=O) groups excluding carboxylic acids is 1. The van der Waals surface area contributed by atoms with Crippen LogP contribution in [-0.4, -0.2) is 56.3 Å². The number of hydrogen-bond acceptors (Lipinski definition) is 6. The van der Waals surface area contributed by atoms with Crippen molar-refractivity contribution in [1.82, 2.24) is 9.21 Å². The summed E-state index contributed by atoms with van der Waals surface area (Å²) in [6.07, 6.45) is 3.30. The fraction of sp³-hybridized carbons (Fsp3) is 0.500. The molecule has 1 aliphatic heterocycles. The molecule has 2 aromatic rings. The summed E-state index contributed by atoms with van der Waals surface area (Å²) in [7, 11) is -3.54. The van der Waals surface area contributed by atoms with Gasteiger partial charge >= 0.3 is 0 Å². The van der Waals surface area contributed by atoms with E-state index in [0.717, 1.165) is 41.5 Å². The normalized spacial score (nSPS) is 17.0. The Balaban J connectivity index is 1.31. The lowest BCUT2D eigenvalue weighted by Gasteiger charge is -2.34. The molecular formula is C24H30N4O3S2. The van der Waals surface area contributed by atoms with Gasteiger partial charge in [-0.25, -0.2) is 8.42 Å². The average Bonchev–Trinajstić information content (AvgIpc) is 3.32. The summed E-state index contributed by atoms with van der Waals surface area (Å²) in [5.74, 6) is -0.104. The molecule has 1 aromatic heterocycles. The second-order valence-electron chi connectivity index (χ2n) is 8.95. The molecule has 1 aromatic carbocycles. The van der Waals surface area contributed by atoms with Crippen molar-refractivity contribution in [2.24, 2.45) is 0 Å². The van der Waals surface area contributed by atoms with Crippen LogP contribution in [0.2, 0.25) is 0 Å². The number of anilines is 1. The third kappa shape index (κ3) is 4.85. The molecule has 0 unspecified atom stereocenters. The molecule has 2 heterocycles. The van der Waals surface area contributed by atoms with Crippen molar-refractivity contribution in [2.75, 3.05) is 38.0 Å². The Morgan fingerprint density at radius 2 is 1.79 bits per heavy atom. The largest absolute Gasteiger partial charge is 0.317 e. The van der Waals surface area contributed by atoms with Gasteiger partial charge in [-0.1, -0.05) is 17.7 Å². The highest BCUT2D eigenvalue weighted by Gasteiger charge is 2.31. The maximum atomic E-state index is 13.3. The van der Waals surface area contributed by atoms with Gasteiger partial charge < -0.3 is 10.2 Å². The predicted molar refractivity (Wildman–Crippen MR) is 130 cm³/mol. The monoisotopic (exact) mass is 486 g/mol. The van der Waals surface area contributed by atoms with Crippen molar-refractivity contribution >= 4 is 32.3 Å². The van der Waals surface area contributed by atoms with E-state index in [4.69, 9.17) is 0 Å². The smallest absolute Gasteiger partial charge is 0.243 e. The fourth-order valence-electron chi connectivity index (χ4n) is 4.96. The van der Waals surface area contributed by atoms with Gasteiger partial charge in [0, 0.05) is 44.0 Å². The second-order valence-corrected chi connectivity index (χ2v) is 11.9.